The van der Waals surface area contributed by atoms with E-state index in [2.05, 4.69) is 10.3 Å². The molecular formula is C13H16N4O2. The molecule has 1 heterocycles. The molecule has 2 aromatic rings. The summed E-state index contributed by atoms with van der Waals surface area (Å²) in [6, 6.07) is 7.18. The molecular weight excluding hydrogens is 244 g/mol. The predicted molar refractivity (Wildman–Crippen MR) is 71.4 cm³/mol. The van der Waals surface area contributed by atoms with Gasteiger partial charge in [0.15, 0.2) is 5.84 Å². The van der Waals surface area contributed by atoms with Gasteiger partial charge >= 0.3 is 0 Å². The van der Waals surface area contributed by atoms with Gasteiger partial charge in [-0.2, -0.15) is 5.10 Å². The third kappa shape index (κ3) is 3.25. The van der Waals surface area contributed by atoms with E-state index in [0.717, 1.165) is 12.0 Å². The zero-order valence-electron chi connectivity index (χ0n) is 10.7. The Morgan fingerprint density at radius 1 is 1.47 bits per heavy atom. The molecule has 0 aliphatic rings. The average Bonchev–Trinajstić information content (AvgIpc) is 2.84. The Labute approximate surface area is 111 Å². The standard InChI is InChI=1S/C13H16N4O2/c1-17-9-10(8-15-17)6-7-19-12-5-3-2-4-11(12)13(14)16-18/h2-5,8-9,18H,6-7H2,1H3,(H2,14,16). The summed E-state index contributed by atoms with van der Waals surface area (Å²) in [7, 11) is 1.87. The van der Waals surface area contributed by atoms with Crippen LogP contribution < -0.4 is 10.5 Å². The van der Waals surface area contributed by atoms with E-state index in [1.165, 1.54) is 0 Å². The zero-order chi connectivity index (χ0) is 13.7. The van der Waals surface area contributed by atoms with Gasteiger partial charge in [0.2, 0.25) is 0 Å². The Kier molecular flexibility index (Phi) is 4.02. The summed E-state index contributed by atoms with van der Waals surface area (Å²) in [6.45, 7) is 0.501. The van der Waals surface area contributed by atoms with Crippen molar-refractivity contribution in [3.05, 3.63) is 47.8 Å². The lowest BCUT2D eigenvalue weighted by Gasteiger charge is -2.09. The van der Waals surface area contributed by atoms with Gasteiger partial charge in [0, 0.05) is 19.7 Å². The van der Waals surface area contributed by atoms with Crippen LogP contribution in [0.1, 0.15) is 11.1 Å². The highest BCUT2D eigenvalue weighted by Crippen LogP contribution is 2.17. The molecule has 6 nitrogen and oxygen atoms in total. The second-order valence-electron chi connectivity index (χ2n) is 4.10. The molecule has 0 spiro atoms. The Hall–Kier alpha value is -2.50. The number of rotatable bonds is 5. The van der Waals surface area contributed by atoms with Crippen LogP contribution in [0.4, 0.5) is 0 Å². The molecule has 0 bridgehead atoms. The van der Waals surface area contributed by atoms with Crippen molar-refractivity contribution in [2.75, 3.05) is 6.61 Å². The van der Waals surface area contributed by atoms with Gasteiger partial charge < -0.3 is 15.7 Å². The highest BCUT2D eigenvalue weighted by atomic mass is 16.5. The molecule has 1 aromatic carbocycles. The van der Waals surface area contributed by atoms with Crippen LogP contribution in [-0.4, -0.2) is 27.4 Å². The van der Waals surface area contributed by atoms with E-state index in [0.29, 0.717) is 17.9 Å². The molecule has 6 heteroatoms. The van der Waals surface area contributed by atoms with Crippen LogP contribution in [0.5, 0.6) is 5.75 Å². The lowest BCUT2D eigenvalue weighted by molar-refractivity contribution is 0.313. The van der Waals surface area contributed by atoms with Crippen LogP contribution in [0.3, 0.4) is 0 Å². The third-order valence-electron chi connectivity index (χ3n) is 2.68. The van der Waals surface area contributed by atoms with Crippen LogP contribution in [-0.2, 0) is 13.5 Å². The van der Waals surface area contributed by atoms with Crippen molar-refractivity contribution in [3.8, 4) is 5.75 Å². The molecule has 2 rings (SSSR count). The maximum absolute atomic E-state index is 8.72. The lowest BCUT2D eigenvalue weighted by Crippen LogP contribution is -2.15. The fourth-order valence-corrected chi connectivity index (χ4v) is 1.74. The number of oxime groups is 1. The number of hydrogen-bond donors (Lipinski definition) is 2. The molecule has 1 aromatic heterocycles. The number of aryl methyl sites for hydroxylation is 1. The second-order valence-corrected chi connectivity index (χ2v) is 4.10. The lowest BCUT2D eigenvalue weighted by atomic mass is 10.2. The smallest absolute Gasteiger partial charge is 0.173 e. The summed E-state index contributed by atoms with van der Waals surface area (Å²) >= 11 is 0. The largest absolute Gasteiger partial charge is 0.492 e. The zero-order valence-corrected chi connectivity index (χ0v) is 10.7. The molecule has 0 saturated heterocycles. The summed E-state index contributed by atoms with van der Waals surface area (Å²) in [6.07, 6.45) is 4.50. The highest BCUT2D eigenvalue weighted by molar-refractivity contribution is 5.99. The number of benzene rings is 1. The van der Waals surface area contributed by atoms with Crippen LogP contribution in [0.15, 0.2) is 41.8 Å². The first-order chi connectivity index (χ1) is 9.20. The molecule has 0 amide bonds. The SMILES string of the molecule is Cn1cc(CCOc2ccccc2/C(N)=N/O)cn1. The Morgan fingerprint density at radius 2 is 2.26 bits per heavy atom. The van der Waals surface area contributed by atoms with Gasteiger partial charge in [-0.05, 0) is 17.7 Å². The predicted octanol–water partition coefficient (Wildman–Crippen LogP) is 1.14. The monoisotopic (exact) mass is 260 g/mol. The first-order valence-electron chi connectivity index (χ1n) is 5.88. The minimum Gasteiger partial charge on any atom is -0.492 e. The fraction of sp³-hybridized carbons (Fsp3) is 0.231. The number of hydrogen-bond acceptors (Lipinski definition) is 4. The van der Waals surface area contributed by atoms with Crippen LogP contribution >= 0.6 is 0 Å². The third-order valence-corrected chi connectivity index (χ3v) is 2.68. The number of nitrogens with zero attached hydrogens (tertiary/aromatic N) is 3. The fourth-order valence-electron chi connectivity index (χ4n) is 1.74. The Balaban J connectivity index is 2.00. The summed E-state index contributed by atoms with van der Waals surface area (Å²) in [5.41, 5.74) is 7.27. The number of nitrogens with two attached hydrogens (primary N) is 1. The molecule has 0 fully saturated rings. The quantitative estimate of drug-likeness (QED) is 0.365. The van der Waals surface area contributed by atoms with E-state index in [1.54, 1.807) is 29.1 Å². The molecule has 0 saturated carbocycles. The topological polar surface area (TPSA) is 85.7 Å². The number of amidine groups is 1. The van der Waals surface area contributed by atoms with Gasteiger partial charge in [0.25, 0.3) is 0 Å². The van der Waals surface area contributed by atoms with Gasteiger partial charge in [0.1, 0.15) is 5.75 Å². The molecule has 0 unspecified atom stereocenters. The molecule has 0 atom stereocenters. The second kappa shape index (κ2) is 5.90. The van der Waals surface area contributed by atoms with Crippen molar-refractivity contribution in [3.63, 3.8) is 0 Å². The van der Waals surface area contributed by atoms with E-state index >= 15 is 0 Å². The van der Waals surface area contributed by atoms with E-state index in [-0.39, 0.29) is 5.84 Å². The van der Waals surface area contributed by atoms with Crippen LogP contribution in [0.25, 0.3) is 0 Å². The van der Waals surface area contributed by atoms with Gasteiger partial charge in [0.05, 0.1) is 18.4 Å². The van der Waals surface area contributed by atoms with Crippen LogP contribution in [0, 0.1) is 0 Å². The number of ether oxygens (including phenoxy) is 1. The summed E-state index contributed by atoms with van der Waals surface area (Å²) in [5, 5.41) is 15.8. The molecule has 0 radical (unpaired) electrons. The average molecular weight is 260 g/mol. The summed E-state index contributed by atoms with van der Waals surface area (Å²) in [4.78, 5) is 0. The van der Waals surface area contributed by atoms with Crippen molar-refractivity contribution < 1.29 is 9.94 Å². The van der Waals surface area contributed by atoms with Gasteiger partial charge in [-0.25, -0.2) is 0 Å². The van der Waals surface area contributed by atoms with E-state index in [4.69, 9.17) is 15.7 Å². The highest BCUT2D eigenvalue weighted by Gasteiger charge is 2.07. The first kappa shape index (κ1) is 12.9. The summed E-state index contributed by atoms with van der Waals surface area (Å²) < 4.78 is 7.41. The summed E-state index contributed by atoms with van der Waals surface area (Å²) in [5.74, 6) is 0.638. The first-order valence-corrected chi connectivity index (χ1v) is 5.88. The molecule has 0 aliphatic carbocycles. The number of para-hydroxylation sites is 1. The normalized spacial score (nSPS) is 11.5. The maximum Gasteiger partial charge on any atom is 0.173 e. The Bertz CT molecular complexity index is 578. The minimum absolute atomic E-state index is 0.0389. The molecule has 100 valence electrons. The van der Waals surface area contributed by atoms with Crippen molar-refractivity contribution in [1.29, 1.82) is 0 Å². The molecule has 0 aliphatic heterocycles. The van der Waals surface area contributed by atoms with Crippen molar-refractivity contribution in [2.24, 2.45) is 17.9 Å². The van der Waals surface area contributed by atoms with Crippen molar-refractivity contribution in [1.82, 2.24) is 9.78 Å². The van der Waals surface area contributed by atoms with Gasteiger partial charge in [-0.3, -0.25) is 4.68 Å². The van der Waals surface area contributed by atoms with Crippen molar-refractivity contribution >= 4 is 5.84 Å². The van der Waals surface area contributed by atoms with Crippen molar-refractivity contribution in [2.45, 2.75) is 6.42 Å². The Morgan fingerprint density at radius 3 is 2.95 bits per heavy atom. The van der Waals surface area contributed by atoms with Gasteiger partial charge in [-0.1, -0.05) is 17.3 Å². The van der Waals surface area contributed by atoms with E-state index in [9.17, 15) is 0 Å². The maximum atomic E-state index is 8.72. The van der Waals surface area contributed by atoms with Crippen LogP contribution in [0.2, 0.25) is 0 Å². The number of aromatic nitrogens is 2. The minimum atomic E-state index is 0.0389. The molecule has 19 heavy (non-hydrogen) atoms. The molecule has 3 N–H and O–H groups in total. The van der Waals surface area contributed by atoms with E-state index < -0.39 is 0 Å². The van der Waals surface area contributed by atoms with E-state index in [1.807, 2.05) is 19.3 Å². The van der Waals surface area contributed by atoms with Gasteiger partial charge in [-0.15, -0.1) is 0 Å².